The maximum atomic E-state index is 10.1. The highest BCUT2D eigenvalue weighted by molar-refractivity contribution is 7.22. The molecule has 3 heterocycles. The highest BCUT2D eigenvalue weighted by Gasteiger charge is 2.20. The summed E-state index contributed by atoms with van der Waals surface area (Å²) in [6.07, 6.45) is 5.23. The molecule has 0 atom stereocenters. The van der Waals surface area contributed by atoms with Gasteiger partial charge in [-0.3, -0.25) is 0 Å². The van der Waals surface area contributed by atoms with Crippen molar-refractivity contribution in [2.24, 2.45) is 0 Å². The van der Waals surface area contributed by atoms with Crippen LogP contribution in [0.4, 0.5) is 5.82 Å². The summed E-state index contributed by atoms with van der Waals surface area (Å²) in [5, 5.41) is 29.0. The van der Waals surface area contributed by atoms with Crippen molar-refractivity contribution in [3.8, 4) is 16.3 Å². The Bertz CT molecular complexity index is 1110. The topological polar surface area (TPSA) is 82.7 Å². The van der Waals surface area contributed by atoms with Crippen molar-refractivity contribution in [1.82, 2.24) is 14.6 Å². The Balaban J connectivity index is 1.50. The van der Waals surface area contributed by atoms with E-state index < -0.39 is 0 Å². The molecule has 7 heteroatoms. The van der Waals surface area contributed by atoms with Crippen molar-refractivity contribution in [2.75, 3.05) is 5.32 Å². The van der Waals surface area contributed by atoms with Crippen LogP contribution >= 0.6 is 11.3 Å². The molecule has 1 aromatic carbocycles. The molecule has 1 fully saturated rings. The number of aliphatic hydroxyl groups is 1. The smallest absolute Gasteiger partial charge is 0.154 e. The van der Waals surface area contributed by atoms with E-state index >= 15 is 0 Å². The molecule has 0 bridgehead atoms. The fourth-order valence-corrected chi connectivity index (χ4v) is 4.79. The number of fused-ring (bicyclic) bond motifs is 2. The fourth-order valence-electron chi connectivity index (χ4n) is 3.72. The van der Waals surface area contributed by atoms with Crippen LogP contribution in [0.1, 0.15) is 25.7 Å². The maximum absolute atomic E-state index is 10.1. The Labute approximate surface area is 160 Å². The van der Waals surface area contributed by atoms with Crippen LogP contribution in [-0.4, -0.2) is 37.0 Å². The van der Waals surface area contributed by atoms with Gasteiger partial charge in [-0.15, -0.1) is 16.4 Å². The quantitative estimate of drug-likeness (QED) is 0.500. The molecule has 27 heavy (non-hydrogen) atoms. The number of rotatable bonds is 3. The first-order valence-corrected chi connectivity index (χ1v) is 10.0. The Morgan fingerprint density at radius 2 is 1.96 bits per heavy atom. The number of nitrogens with one attached hydrogen (secondary N) is 1. The number of phenolic OH excluding ortho intramolecular Hbond substituents is 1. The first kappa shape index (κ1) is 16.5. The Kier molecular flexibility index (Phi) is 3.98. The molecule has 4 aromatic rings. The van der Waals surface area contributed by atoms with E-state index in [1.807, 2.05) is 35.0 Å². The van der Waals surface area contributed by atoms with E-state index in [2.05, 4.69) is 16.4 Å². The first-order chi connectivity index (χ1) is 13.2. The average molecular weight is 380 g/mol. The molecule has 1 aliphatic carbocycles. The summed E-state index contributed by atoms with van der Waals surface area (Å²) >= 11 is 1.54. The predicted octanol–water partition coefficient (Wildman–Crippen LogP) is 4.03. The number of anilines is 1. The van der Waals surface area contributed by atoms with E-state index in [0.717, 1.165) is 57.8 Å². The van der Waals surface area contributed by atoms with Gasteiger partial charge in [-0.25, -0.2) is 9.50 Å². The molecule has 0 amide bonds. The van der Waals surface area contributed by atoms with Crippen LogP contribution in [0.5, 0.6) is 5.75 Å². The van der Waals surface area contributed by atoms with Crippen molar-refractivity contribution in [2.45, 2.75) is 37.8 Å². The van der Waals surface area contributed by atoms with E-state index in [1.54, 1.807) is 6.07 Å². The van der Waals surface area contributed by atoms with Crippen molar-refractivity contribution in [1.29, 1.82) is 0 Å². The summed E-state index contributed by atoms with van der Waals surface area (Å²) < 4.78 is 2.72. The van der Waals surface area contributed by atoms with Crippen molar-refractivity contribution in [3.63, 3.8) is 0 Å². The van der Waals surface area contributed by atoms with E-state index in [4.69, 9.17) is 5.10 Å². The molecule has 5 rings (SSSR count). The molecule has 3 aromatic heterocycles. The van der Waals surface area contributed by atoms with Crippen LogP contribution in [0, 0.1) is 0 Å². The summed E-state index contributed by atoms with van der Waals surface area (Å²) in [7, 11) is 0. The van der Waals surface area contributed by atoms with Crippen LogP contribution in [0.15, 0.2) is 42.6 Å². The number of phenols is 1. The summed E-state index contributed by atoms with van der Waals surface area (Å²) in [6, 6.07) is 11.9. The summed E-state index contributed by atoms with van der Waals surface area (Å²) in [4.78, 5) is 5.49. The van der Waals surface area contributed by atoms with Crippen LogP contribution in [0.25, 0.3) is 26.3 Å². The zero-order valence-corrected chi connectivity index (χ0v) is 15.5. The molecule has 1 aliphatic rings. The van der Waals surface area contributed by atoms with Gasteiger partial charge >= 0.3 is 0 Å². The lowest BCUT2D eigenvalue weighted by Crippen LogP contribution is -2.28. The van der Waals surface area contributed by atoms with Gasteiger partial charge in [0.2, 0.25) is 0 Å². The molecular weight excluding hydrogens is 360 g/mol. The molecular formula is C20H20N4O2S. The van der Waals surface area contributed by atoms with Crippen LogP contribution < -0.4 is 5.32 Å². The van der Waals surface area contributed by atoms with Gasteiger partial charge in [0.05, 0.1) is 21.9 Å². The lowest BCUT2D eigenvalue weighted by Gasteiger charge is -2.26. The van der Waals surface area contributed by atoms with E-state index in [0.29, 0.717) is 11.8 Å². The summed E-state index contributed by atoms with van der Waals surface area (Å²) in [5.74, 6) is 1.11. The fraction of sp³-hybridized carbons (Fsp3) is 0.300. The van der Waals surface area contributed by atoms with E-state index in [1.165, 1.54) is 11.3 Å². The van der Waals surface area contributed by atoms with E-state index in [9.17, 15) is 10.2 Å². The zero-order chi connectivity index (χ0) is 18.4. The number of benzene rings is 1. The second-order valence-corrected chi connectivity index (χ2v) is 8.14. The molecule has 0 radical (unpaired) electrons. The summed E-state index contributed by atoms with van der Waals surface area (Å²) in [6.45, 7) is 0. The largest absolute Gasteiger partial charge is 0.506 e. The van der Waals surface area contributed by atoms with Gasteiger partial charge in [0.15, 0.2) is 5.65 Å². The van der Waals surface area contributed by atoms with Crippen molar-refractivity contribution < 1.29 is 10.2 Å². The van der Waals surface area contributed by atoms with Crippen LogP contribution in [-0.2, 0) is 0 Å². The predicted molar refractivity (Wildman–Crippen MR) is 107 cm³/mol. The zero-order valence-electron chi connectivity index (χ0n) is 14.7. The molecule has 3 N–H and O–H groups in total. The molecule has 0 spiro atoms. The van der Waals surface area contributed by atoms with Crippen LogP contribution in [0.2, 0.25) is 0 Å². The number of aromatic nitrogens is 3. The van der Waals surface area contributed by atoms with Gasteiger partial charge in [0.1, 0.15) is 17.3 Å². The third-order valence-electron chi connectivity index (χ3n) is 5.19. The second kappa shape index (κ2) is 6.51. The summed E-state index contributed by atoms with van der Waals surface area (Å²) in [5.41, 5.74) is 1.70. The minimum Gasteiger partial charge on any atom is -0.506 e. The molecule has 138 valence electrons. The van der Waals surface area contributed by atoms with Gasteiger partial charge in [0.25, 0.3) is 0 Å². The van der Waals surface area contributed by atoms with Gasteiger partial charge in [-0.2, -0.15) is 0 Å². The monoisotopic (exact) mass is 380 g/mol. The Hall–Kier alpha value is -2.64. The van der Waals surface area contributed by atoms with Gasteiger partial charge in [-0.05, 0) is 55.3 Å². The third kappa shape index (κ3) is 3.02. The molecule has 0 aliphatic heterocycles. The van der Waals surface area contributed by atoms with E-state index in [-0.39, 0.29) is 6.10 Å². The number of hydrogen-bond donors (Lipinski definition) is 3. The van der Waals surface area contributed by atoms with Gasteiger partial charge in [0, 0.05) is 6.04 Å². The third-order valence-corrected chi connectivity index (χ3v) is 6.38. The molecule has 0 unspecified atom stereocenters. The highest BCUT2D eigenvalue weighted by Crippen LogP contribution is 2.38. The van der Waals surface area contributed by atoms with Gasteiger partial charge < -0.3 is 15.5 Å². The average Bonchev–Trinajstić information content (AvgIpc) is 3.28. The van der Waals surface area contributed by atoms with Gasteiger partial charge in [-0.1, -0.05) is 12.1 Å². The normalized spacial score (nSPS) is 20.3. The number of aromatic hydroxyl groups is 1. The van der Waals surface area contributed by atoms with Crippen LogP contribution in [0.3, 0.4) is 0 Å². The van der Waals surface area contributed by atoms with Crippen molar-refractivity contribution in [3.05, 3.63) is 42.6 Å². The first-order valence-electron chi connectivity index (χ1n) is 9.19. The molecule has 6 nitrogen and oxygen atoms in total. The standard InChI is InChI=1S/C20H20N4O2S/c25-14-6-4-13(5-7-14)22-18-8-9-19-21-11-15(24(19)23-18)17-10-12-2-1-3-16(26)20(12)27-17/h1-3,8-11,13-14,25-26H,4-7H2,(H,22,23). The molecule has 1 saturated carbocycles. The Morgan fingerprint density at radius 1 is 1.11 bits per heavy atom. The number of imidazole rings is 1. The number of nitrogens with zero attached hydrogens (tertiary/aromatic N) is 3. The molecule has 0 saturated heterocycles. The minimum absolute atomic E-state index is 0.164. The SMILES string of the molecule is Oc1cccc2cc(-c3cnc4ccc(NC5CCC(O)CC5)nn34)sc12. The number of aliphatic hydroxyl groups excluding tert-OH is 1. The lowest BCUT2D eigenvalue weighted by molar-refractivity contribution is 0.126. The number of hydrogen-bond acceptors (Lipinski definition) is 6. The second-order valence-electron chi connectivity index (χ2n) is 7.09. The van der Waals surface area contributed by atoms with Crippen molar-refractivity contribution >= 4 is 32.9 Å². The Morgan fingerprint density at radius 3 is 2.78 bits per heavy atom. The highest BCUT2D eigenvalue weighted by atomic mass is 32.1. The lowest BCUT2D eigenvalue weighted by atomic mass is 9.93. The minimum atomic E-state index is -0.164. The maximum Gasteiger partial charge on any atom is 0.154 e. The number of thiophene rings is 1.